The van der Waals surface area contributed by atoms with Crippen LogP contribution in [0.1, 0.15) is 42.9 Å². The molecule has 6 nitrogen and oxygen atoms in total. The van der Waals surface area contributed by atoms with E-state index in [2.05, 4.69) is 60.5 Å². The number of nitrogens with one attached hydrogen (secondary N) is 2. The summed E-state index contributed by atoms with van der Waals surface area (Å²) in [4.78, 5) is 13.6. The van der Waals surface area contributed by atoms with E-state index >= 15 is 0 Å². The van der Waals surface area contributed by atoms with Gasteiger partial charge in [-0.3, -0.25) is 14.9 Å². The SMILES string of the molecule is CC(C)OCCN(CCC1CNc2ccccc21)Cc1ccc(/C=C/C(=O)NO)cc1. The molecule has 0 spiro atoms. The summed E-state index contributed by atoms with van der Waals surface area (Å²) in [6.45, 7) is 8.58. The largest absolute Gasteiger partial charge is 0.384 e. The fraction of sp³-hybridized carbons (Fsp3) is 0.400. The zero-order valence-corrected chi connectivity index (χ0v) is 18.4. The second kappa shape index (κ2) is 11.6. The maximum Gasteiger partial charge on any atom is 0.267 e. The summed E-state index contributed by atoms with van der Waals surface area (Å²) in [6, 6.07) is 16.7. The van der Waals surface area contributed by atoms with Gasteiger partial charge in [0.25, 0.3) is 5.91 Å². The molecular weight excluding hydrogens is 390 g/mol. The van der Waals surface area contributed by atoms with Crippen molar-refractivity contribution in [1.82, 2.24) is 10.4 Å². The molecule has 0 fully saturated rings. The Morgan fingerprint density at radius 1 is 1.23 bits per heavy atom. The standard InChI is InChI=1S/C25H33N3O3/c1-19(2)31-16-15-28(14-13-22-17-26-24-6-4-3-5-23(22)24)18-21-9-7-20(8-10-21)11-12-25(29)27-30/h3-12,19,22,26,30H,13-18H2,1-2H3,(H,27,29)/b12-11+. The van der Waals surface area contributed by atoms with Gasteiger partial charge in [0.05, 0.1) is 12.7 Å². The van der Waals surface area contributed by atoms with Crippen molar-refractivity contribution in [3.8, 4) is 0 Å². The first kappa shape index (κ1) is 23.0. The van der Waals surface area contributed by atoms with Crippen LogP contribution in [-0.4, -0.2) is 48.4 Å². The van der Waals surface area contributed by atoms with E-state index in [0.29, 0.717) is 12.5 Å². The van der Waals surface area contributed by atoms with Crippen LogP contribution in [0, 0.1) is 0 Å². The Morgan fingerprint density at radius 2 is 2.00 bits per heavy atom. The fourth-order valence-corrected chi connectivity index (χ4v) is 3.84. The van der Waals surface area contributed by atoms with Crippen LogP contribution in [0.4, 0.5) is 5.69 Å². The molecule has 1 unspecified atom stereocenters. The third-order valence-corrected chi connectivity index (χ3v) is 5.52. The number of hydroxylamine groups is 1. The minimum atomic E-state index is -0.539. The molecule has 0 saturated carbocycles. The van der Waals surface area contributed by atoms with Gasteiger partial charge in [-0.05, 0) is 55.6 Å². The molecule has 31 heavy (non-hydrogen) atoms. The molecule has 1 heterocycles. The van der Waals surface area contributed by atoms with Gasteiger partial charge < -0.3 is 10.1 Å². The Morgan fingerprint density at radius 3 is 2.74 bits per heavy atom. The summed E-state index contributed by atoms with van der Waals surface area (Å²) in [5.74, 6) is -0.00159. The lowest BCUT2D eigenvalue weighted by atomic mass is 9.97. The number of carbonyl (C=O) groups is 1. The Bertz CT molecular complexity index is 865. The van der Waals surface area contributed by atoms with Gasteiger partial charge in [0, 0.05) is 37.3 Å². The van der Waals surface area contributed by atoms with Crippen molar-refractivity contribution in [2.75, 3.05) is 31.6 Å². The van der Waals surface area contributed by atoms with Crippen molar-refractivity contribution in [3.63, 3.8) is 0 Å². The molecule has 3 N–H and O–H groups in total. The van der Waals surface area contributed by atoms with E-state index < -0.39 is 5.91 Å². The second-order valence-electron chi connectivity index (χ2n) is 8.20. The average molecular weight is 424 g/mol. The maximum atomic E-state index is 11.1. The zero-order valence-electron chi connectivity index (χ0n) is 18.4. The number of hydrogen-bond donors (Lipinski definition) is 3. The Kier molecular flexibility index (Phi) is 8.64. The van der Waals surface area contributed by atoms with Crippen LogP contribution in [-0.2, 0) is 16.1 Å². The van der Waals surface area contributed by atoms with Crippen molar-refractivity contribution in [1.29, 1.82) is 0 Å². The highest BCUT2D eigenvalue weighted by Crippen LogP contribution is 2.33. The molecule has 0 aliphatic carbocycles. The lowest BCUT2D eigenvalue weighted by Gasteiger charge is -2.24. The zero-order chi connectivity index (χ0) is 22.1. The molecule has 0 aromatic heterocycles. The van der Waals surface area contributed by atoms with Gasteiger partial charge in [-0.15, -0.1) is 0 Å². The van der Waals surface area contributed by atoms with Crippen molar-refractivity contribution >= 4 is 17.7 Å². The van der Waals surface area contributed by atoms with E-state index in [1.54, 1.807) is 11.6 Å². The molecule has 2 aromatic carbocycles. The minimum absolute atomic E-state index is 0.231. The van der Waals surface area contributed by atoms with Crippen molar-refractivity contribution in [3.05, 3.63) is 71.3 Å². The molecule has 1 atom stereocenters. The van der Waals surface area contributed by atoms with E-state index in [4.69, 9.17) is 9.94 Å². The van der Waals surface area contributed by atoms with Crippen LogP contribution in [0.2, 0.25) is 0 Å². The predicted octanol–water partition coefficient (Wildman–Crippen LogP) is 4.03. The summed E-state index contributed by atoms with van der Waals surface area (Å²) >= 11 is 0. The third kappa shape index (κ3) is 7.21. The summed E-state index contributed by atoms with van der Waals surface area (Å²) in [7, 11) is 0. The van der Waals surface area contributed by atoms with Crippen molar-refractivity contribution < 1.29 is 14.7 Å². The van der Waals surface area contributed by atoms with E-state index in [-0.39, 0.29) is 6.10 Å². The number of anilines is 1. The lowest BCUT2D eigenvalue weighted by Crippen LogP contribution is -2.30. The van der Waals surface area contributed by atoms with E-state index in [9.17, 15) is 4.79 Å². The van der Waals surface area contributed by atoms with Crippen LogP contribution in [0.3, 0.4) is 0 Å². The molecule has 1 aliphatic heterocycles. The number of amides is 1. The van der Waals surface area contributed by atoms with Crippen LogP contribution in [0.5, 0.6) is 0 Å². The molecule has 166 valence electrons. The molecule has 0 bridgehead atoms. The first-order chi connectivity index (χ1) is 15.0. The molecular formula is C25H33N3O3. The first-order valence-electron chi connectivity index (χ1n) is 10.9. The molecule has 1 amide bonds. The first-order valence-corrected chi connectivity index (χ1v) is 10.9. The van der Waals surface area contributed by atoms with Crippen LogP contribution < -0.4 is 10.8 Å². The van der Waals surface area contributed by atoms with E-state index in [0.717, 1.165) is 38.2 Å². The number of benzene rings is 2. The highest BCUT2D eigenvalue weighted by atomic mass is 16.5. The lowest BCUT2D eigenvalue weighted by molar-refractivity contribution is -0.124. The predicted molar refractivity (Wildman–Crippen MR) is 124 cm³/mol. The molecule has 1 aliphatic rings. The van der Waals surface area contributed by atoms with Crippen LogP contribution in [0.25, 0.3) is 6.08 Å². The number of fused-ring (bicyclic) bond motifs is 1. The minimum Gasteiger partial charge on any atom is -0.384 e. The molecule has 6 heteroatoms. The van der Waals surface area contributed by atoms with Gasteiger partial charge >= 0.3 is 0 Å². The monoisotopic (exact) mass is 423 g/mol. The number of rotatable bonds is 11. The summed E-state index contributed by atoms with van der Waals surface area (Å²) in [5.41, 5.74) is 6.41. The van der Waals surface area contributed by atoms with Gasteiger partial charge in [-0.25, -0.2) is 5.48 Å². The molecule has 0 saturated heterocycles. The summed E-state index contributed by atoms with van der Waals surface area (Å²) in [6.07, 6.45) is 4.31. The fourth-order valence-electron chi connectivity index (χ4n) is 3.84. The van der Waals surface area contributed by atoms with Gasteiger partial charge in [-0.1, -0.05) is 42.5 Å². The smallest absolute Gasteiger partial charge is 0.267 e. The summed E-state index contributed by atoms with van der Waals surface area (Å²) < 4.78 is 5.80. The van der Waals surface area contributed by atoms with Gasteiger partial charge in [-0.2, -0.15) is 0 Å². The van der Waals surface area contributed by atoms with E-state index in [1.165, 1.54) is 22.9 Å². The second-order valence-corrected chi connectivity index (χ2v) is 8.20. The average Bonchev–Trinajstić information content (AvgIpc) is 3.19. The number of para-hydroxylation sites is 1. The highest BCUT2D eigenvalue weighted by molar-refractivity contribution is 5.90. The molecule has 0 radical (unpaired) electrons. The Balaban J connectivity index is 1.59. The van der Waals surface area contributed by atoms with Crippen molar-refractivity contribution in [2.45, 2.75) is 38.8 Å². The maximum absolute atomic E-state index is 11.1. The van der Waals surface area contributed by atoms with Gasteiger partial charge in [0.1, 0.15) is 0 Å². The summed E-state index contributed by atoms with van der Waals surface area (Å²) in [5, 5.41) is 12.1. The molecule has 2 aromatic rings. The van der Waals surface area contributed by atoms with Crippen molar-refractivity contribution in [2.24, 2.45) is 0 Å². The Labute approximate surface area is 184 Å². The Hall–Kier alpha value is -2.67. The van der Waals surface area contributed by atoms with Gasteiger partial charge in [0.2, 0.25) is 0 Å². The molecule has 3 rings (SSSR count). The topological polar surface area (TPSA) is 73.8 Å². The number of carbonyl (C=O) groups excluding carboxylic acids is 1. The quantitative estimate of drug-likeness (QED) is 0.289. The van der Waals surface area contributed by atoms with Crippen LogP contribution in [0.15, 0.2) is 54.6 Å². The normalized spacial score (nSPS) is 15.5. The number of hydrogen-bond acceptors (Lipinski definition) is 5. The van der Waals surface area contributed by atoms with E-state index in [1.807, 2.05) is 12.1 Å². The number of nitrogens with zero attached hydrogens (tertiary/aromatic N) is 1. The van der Waals surface area contributed by atoms with Gasteiger partial charge in [0.15, 0.2) is 0 Å². The van der Waals surface area contributed by atoms with Crippen LogP contribution >= 0.6 is 0 Å². The number of ether oxygens (including phenoxy) is 1. The highest BCUT2D eigenvalue weighted by Gasteiger charge is 2.22. The third-order valence-electron chi connectivity index (χ3n) is 5.52.